The van der Waals surface area contributed by atoms with E-state index in [0.717, 1.165) is 24.2 Å². The molecular weight excluding hydrogens is 266 g/mol. The molecule has 3 rings (SSSR count). The Balaban J connectivity index is 1.50. The summed E-state index contributed by atoms with van der Waals surface area (Å²) in [5.41, 5.74) is 4.52. The lowest BCUT2D eigenvalue weighted by Gasteiger charge is -2.25. The van der Waals surface area contributed by atoms with Crippen LogP contribution in [0.25, 0.3) is 0 Å². The van der Waals surface area contributed by atoms with Crippen molar-refractivity contribution in [2.75, 3.05) is 13.2 Å². The van der Waals surface area contributed by atoms with E-state index in [1.165, 1.54) is 11.1 Å². The zero-order valence-electron chi connectivity index (χ0n) is 12.1. The van der Waals surface area contributed by atoms with Gasteiger partial charge in [-0.1, -0.05) is 24.3 Å². The van der Waals surface area contributed by atoms with E-state index in [4.69, 9.17) is 4.74 Å². The molecule has 0 saturated heterocycles. The van der Waals surface area contributed by atoms with Gasteiger partial charge in [0.25, 0.3) is 0 Å². The predicted molar refractivity (Wildman–Crippen MR) is 78.9 cm³/mol. The largest absolute Gasteiger partial charge is 0.449 e. The van der Waals surface area contributed by atoms with Crippen molar-refractivity contribution in [1.82, 2.24) is 14.9 Å². The minimum Gasteiger partial charge on any atom is -0.449 e. The molecule has 1 amide bonds. The van der Waals surface area contributed by atoms with E-state index in [-0.39, 0.29) is 6.09 Å². The molecule has 0 spiro atoms. The molecule has 0 radical (unpaired) electrons. The average Bonchev–Trinajstić information content (AvgIpc) is 2.96. The highest BCUT2D eigenvalue weighted by Crippen LogP contribution is 2.15. The molecule has 2 aromatic rings. The number of amides is 1. The second-order valence-corrected chi connectivity index (χ2v) is 5.29. The van der Waals surface area contributed by atoms with Crippen LogP contribution >= 0.6 is 0 Å². The molecule has 1 aromatic heterocycles. The lowest BCUT2D eigenvalue weighted by molar-refractivity contribution is 0.0981. The predicted octanol–water partition coefficient (Wildman–Crippen LogP) is 2.46. The molecule has 5 nitrogen and oxygen atoms in total. The van der Waals surface area contributed by atoms with Crippen molar-refractivity contribution >= 4 is 6.09 Å². The first-order valence-corrected chi connectivity index (χ1v) is 7.21. The fourth-order valence-corrected chi connectivity index (χ4v) is 2.60. The Kier molecular flexibility index (Phi) is 3.90. The Morgan fingerprint density at radius 2 is 2.29 bits per heavy atom. The molecular formula is C16H19N3O2. The van der Waals surface area contributed by atoms with Crippen molar-refractivity contribution in [1.29, 1.82) is 0 Å². The smallest absolute Gasteiger partial charge is 0.410 e. The highest BCUT2D eigenvalue weighted by atomic mass is 16.6. The number of aromatic amines is 1. The number of H-pyrrole nitrogens is 1. The molecule has 0 aliphatic carbocycles. The molecule has 21 heavy (non-hydrogen) atoms. The summed E-state index contributed by atoms with van der Waals surface area (Å²) in [5, 5.41) is 0. The van der Waals surface area contributed by atoms with Crippen LogP contribution < -0.4 is 0 Å². The number of fused-ring (bicyclic) bond motifs is 1. The molecule has 2 heterocycles. The number of nitrogens with zero attached hydrogens (tertiary/aromatic N) is 2. The lowest BCUT2D eigenvalue weighted by Crippen LogP contribution is -2.36. The molecule has 5 heteroatoms. The van der Waals surface area contributed by atoms with Gasteiger partial charge < -0.3 is 14.6 Å². The van der Waals surface area contributed by atoms with Crippen LogP contribution in [0.1, 0.15) is 22.5 Å². The molecule has 0 fully saturated rings. The summed E-state index contributed by atoms with van der Waals surface area (Å²) < 4.78 is 5.38. The highest BCUT2D eigenvalue weighted by molar-refractivity contribution is 5.68. The van der Waals surface area contributed by atoms with Crippen LogP contribution in [0.2, 0.25) is 0 Å². The zero-order valence-corrected chi connectivity index (χ0v) is 12.1. The fraction of sp³-hybridized carbons (Fsp3) is 0.375. The summed E-state index contributed by atoms with van der Waals surface area (Å²) in [6.45, 7) is 3.71. The third kappa shape index (κ3) is 3.07. The second kappa shape index (κ2) is 5.99. The second-order valence-electron chi connectivity index (χ2n) is 5.29. The number of rotatable bonds is 3. The summed E-state index contributed by atoms with van der Waals surface area (Å²) in [6.07, 6.45) is 2.97. The number of imidazole rings is 1. The minimum absolute atomic E-state index is 0.246. The first kappa shape index (κ1) is 13.7. The Morgan fingerprint density at radius 3 is 3.14 bits per heavy atom. The van der Waals surface area contributed by atoms with Gasteiger partial charge in [0.05, 0.1) is 30.9 Å². The van der Waals surface area contributed by atoms with Crippen LogP contribution in [0.15, 0.2) is 30.6 Å². The SMILES string of the molecule is Cc1ccccc1CCOC(=O)N1CCc2nc[nH]c2C1. The Labute approximate surface area is 124 Å². The van der Waals surface area contributed by atoms with Crippen molar-refractivity contribution < 1.29 is 9.53 Å². The van der Waals surface area contributed by atoms with Gasteiger partial charge in [-0.05, 0) is 18.1 Å². The maximum Gasteiger partial charge on any atom is 0.410 e. The first-order chi connectivity index (χ1) is 10.2. The van der Waals surface area contributed by atoms with Crippen molar-refractivity contribution in [3.8, 4) is 0 Å². The molecule has 110 valence electrons. The van der Waals surface area contributed by atoms with Crippen LogP contribution in [0.3, 0.4) is 0 Å². The third-order valence-corrected chi connectivity index (χ3v) is 3.89. The average molecular weight is 285 g/mol. The lowest BCUT2D eigenvalue weighted by atomic mass is 10.1. The van der Waals surface area contributed by atoms with Gasteiger partial charge in [0.2, 0.25) is 0 Å². The number of benzene rings is 1. The Bertz CT molecular complexity index is 636. The summed E-state index contributed by atoms with van der Waals surface area (Å²) in [4.78, 5) is 21.1. The summed E-state index contributed by atoms with van der Waals surface area (Å²) in [5.74, 6) is 0. The van der Waals surface area contributed by atoms with Crippen molar-refractivity contribution in [3.63, 3.8) is 0 Å². The molecule has 0 bridgehead atoms. The monoisotopic (exact) mass is 285 g/mol. The number of carbonyl (C=O) groups excluding carboxylic acids is 1. The Hall–Kier alpha value is -2.30. The standard InChI is InChI=1S/C16H19N3O2/c1-12-4-2-3-5-13(12)7-9-21-16(20)19-8-6-14-15(10-19)18-11-17-14/h2-5,11H,6-10H2,1H3,(H,17,18). The molecule has 1 aliphatic rings. The first-order valence-electron chi connectivity index (χ1n) is 7.21. The van der Waals surface area contributed by atoms with Crippen molar-refractivity contribution in [3.05, 3.63) is 53.1 Å². The van der Waals surface area contributed by atoms with Crippen LogP contribution in [-0.2, 0) is 24.1 Å². The van der Waals surface area contributed by atoms with Gasteiger partial charge in [-0.2, -0.15) is 0 Å². The quantitative estimate of drug-likeness (QED) is 0.942. The minimum atomic E-state index is -0.246. The van der Waals surface area contributed by atoms with Gasteiger partial charge in [0, 0.05) is 19.4 Å². The van der Waals surface area contributed by atoms with Gasteiger partial charge in [0.1, 0.15) is 0 Å². The molecule has 0 atom stereocenters. The summed E-state index contributed by atoms with van der Waals surface area (Å²) >= 11 is 0. The van der Waals surface area contributed by atoms with Crippen molar-refractivity contribution in [2.24, 2.45) is 0 Å². The van der Waals surface area contributed by atoms with E-state index >= 15 is 0 Å². The summed E-state index contributed by atoms with van der Waals surface area (Å²) in [6, 6.07) is 8.16. The van der Waals surface area contributed by atoms with E-state index in [2.05, 4.69) is 29.0 Å². The van der Waals surface area contributed by atoms with Gasteiger partial charge in [0.15, 0.2) is 0 Å². The molecule has 0 unspecified atom stereocenters. The number of hydrogen-bond donors (Lipinski definition) is 1. The van der Waals surface area contributed by atoms with Gasteiger partial charge >= 0.3 is 6.09 Å². The maximum atomic E-state index is 12.1. The molecule has 0 saturated carbocycles. The van der Waals surface area contributed by atoms with Crippen LogP contribution in [0, 0.1) is 6.92 Å². The van der Waals surface area contributed by atoms with Gasteiger partial charge in [-0.3, -0.25) is 0 Å². The number of aryl methyl sites for hydroxylation is 1. The Morgan fingerprint density at radius 1 is 1.43 bits per heavy atom. The topological polar surface area (TPSA) is 58.2 Å². The van der Waals surface area contributed by atoms with Crippen LogP contribution in [0.5, 0.6) is 0 Å². The van der Waals surface area contributed by atoms with Crippen molar-refractivity contribution in [2.45, 2.75) is 26.3 Å². The number of ether oxygens (including phenoxy) is 1. The molecule has 1 aliphatic heterocycles. The van der Waals surface area contributed by atoms with E-state index in [0.29, 0.717) is 19.7 Å². The maximum absolute atomic E-state index is 12.1. The molecule has 1 aromatic carbocycles. The van der Waals surface area contributed by atoms with Gasteiger partial charge in [-0.15, -0.1) is 0 Å². The van der Waals surface area contributed by atoms with Crippen LogP contribution in [-0.4, -0.2) is 34.1 Å². The third-order valence-electron chi connectivity index (χ3n) is 3.89. The number of hydrogen-bond acceptors (Lipinski definition) is 3. The normalized spacial score (nSPS) is 13.9. The van der Waals surface area contributed by atoms with E-state index in [9.17, 15) is 4.79 Å². The zero-order chi connectivity index (χ0) is 14.7. The van der Waals surface area contributed by atoms with Crippen LogP contribution in [0.4, 0.5) is 4.79 Å². The fourth-order valence-electron chi connectivity index (χ4n) is 2.60. The molecule has 1 N–H and O–H groups in total. The van der Waals surface area contributed by atoms with Gasteiger partial charge in [-0.25, -0.2) is 9.78 Å². The highest BCUT2D eigenvalue weighted by Gasteiger charge is 2.23. The summed E-state index contributed by atoms with van der Waals surface area (Å²) in [7, 11) is 0. The van der Waals surface area contributed by atoms with E-state index in [1.807, 2.05) is 12.1 Å². The number of carbonyl (C=O) groups is 1. The van der Waals surface area contributed by atoms with E-state index < -0.39 is 0 Å². The van der Waals surface area contributed by atoms with E-state index in [1.54, 1.807) is 11.2 Å². The number of nitrogens with one attached hydrogen (secondary N) is 1. The number of aromatic nitrogens is 2.